The molecule has 0 radical (unpaired) electrons. The normalized spacial score (nSPS) is 16.0. The Kier molecular flexibility index (Phi) is 4.96. The van der Waals surface area contributed by atoms with Crippen LogP contribution in [0.5, 0.6) is 0 Å². The van der Waals surface area contributed by atoms with Gasteiger partial charge in [0.15, 0.2) is 0 Å². The third kappa shape index (κ3) is 3.43. The number of fused-ring (bicyclic) bond motifs is 1. The SMILES string of the molecule is Cc1nc(Nc2ccc(F)cc2)nc(N2CCc3ccccc3C2CO)c1C. The van der Waals surface area contributed by atoms with E-state index >= 15 is 0 Å². The molecule has 0 spiro atoms. The van der Waals surface area contributed by atoms with Crippen molar-refractivity contribution >= 4 is 17.5 Å². The molecule has 0 amide bonds. The van der Waals surface area contributed by atoms with Crippen molar-refractivity contribution in [1.29, 1.82) is 0 Å². The molecule has 0 bridgehead atoms. The van der Waals surface area contributed by atoms with Crippen molar-refractivity contribution in [3.8, 4) is 0 Å². The first-order valence-corrected chi connectivity index (χ1v) is 9.40. The smallest absolute Gasteiger partial charge is 0.229 e. The molecule has 1 aliphatic heterocycles. The van der Waals surface area contributed by atoms with E-state index in [0.29, 0.717) is 5.95 Å². The molecule has 6 heteroatoms. The van der Waals surface area contributed by atoms with Gasteiger partial charge in [-0.25, -0.2) is 9.37 Å². The summed E-state index contributed by atoms with van der Waals surface area (Å²) in [6.45, 7) is 4.74. The summed E-state index contributed by atoms with van der Waals surface area (Å²) in [5.41, 5.74) is 4.98. The Bertz CT molecular complexity index is 990. The molecular formula is C22H23FN4O. The predicted molar refractivity (Wildman–Crippen MR) is 109 cm³/mol. The largest absolute Gasteiger partial charge is 0.394 e. The fraction of sp³-hybridized carbons (Fsp3) is 0.273. The van der Waals surface area contributed by atoms with Crippen LogP contribution < -0.4 is 10.2 Å². The van der Waals surface area contributed by atoms with Crippen molar-refractivity contribution < 1.29 is 9.50 Å². The molecule has 1 aliphatic rings. The van der Waals surface area contributed by atoms with Gasteiger partial charge >= 0.3 is 0 Å². The van der Waals surface area contributed by atoms with Crippen LogP contribution in [0.4, 0.5) is 21.8 Å². The van der Waals surface area contributed by atoms with E-state index in [4.69, 9.17) is 4.98 Å². The van der Waals surface area contributed by atoms with Crippen molar-refractivity contribution in [3.05, 3.63) is 76.7 Å². The molecule has 28 heavy (non-hydrogen) atoms. The predicted octanol–water partition coefficient (Wildman–Crippen LogP) is 4.07. The summed E-state index contributed by atoms with van der Waals surface area (Å²) in [5.74, 6) is 0.982. The zero-order valence-electron chi connectivity index (χ0n) is 16.0. The molecule has 5 nitrogen and oxygen atoms in total. The maximum atomic E-state index is 13.2. The highest BCUT2D eigenvalue weighted by Gasteiger charge is 2.29. The maximum absolute atomic E-state index is 13.2. The summed E-state index contributed by atoms with van der Waals surface area (Å²) in [4.78, 5) is 11.4. The lowest BCUT2D eigenvalue weighted by molar-refractivity contribution is 0.256. The number of hydrogen-bond donors (Lipinski definition) is 2. The van der Waals surface area contributed by atoms with Crippen LogP contribution in [0, 0.1) is 19.7 Å². The van der Waals surface area contributed by atoms with Gasteiger partial charge in [0.25, 0.3) is 0 Å². The Morgan fingerprint density at radius 1 is 1.11 bits per heavy atom. The second-order valence-electron chi connectivity index (χ2n) is 7.05. The summed E-state index contributed by atoms with van der Waals surface area (Å²) >= 11 is 0. The standard InChI is InChI=1S/C22H23FN4O/c1-14-15(2)24-22(25-18-9-7-17(23)8-10-18)26-21(14)27-12-11-16-5-3-4-6-19(16)20(27)13-28/h3-10,20,28H,11-13H2,1-2H3,(H,24,25,26). The zero-order valence-corrected chi connectivity index (χ0v) is 16.0. The number of rotatable bonds is 4. The second kappa shape index (κ2) is 7.56. The number of hydrogen-bond acceptors (Lipinski definition) is 5. The van der Waals surface area contributed by atoms with Crippen LogP contribution in [0.25, 0.3) is 0 Å². The fourth-order valence-electron chi connectivity index (χ4n) is 3.71. The van der Waals surface area contributed by atoms with E-state index in [1.165, 1.54) is 17.7 Å². The lowest BCUT2D eigenvalue weighted by Crippen LogP contribution is -2.38. The summed E-state index contributed by atoms with van der Waals surface area (Å²) in [5, 5.41) is 13.3. The maximum Gasteiger partial charge on any atom is 0.229 e. The summed E-state index contributed by atoms with van der Waals surface area (Å²) < 4.78 is 13.2. The fourth-order valence-corrected chi connectivity index (χ4v) is 3.71. The number of anilines is 3. The van der Waals surface area contributed by atoms with Crippen molar-refractivity contribution in [2.24, 2.45) is 0 Å². The van der Waals surface area contributed by atoms with Crippen molar-refractivity contribution in [2.75, 3.05) is 23.4 Å². The first kappa shape index (κ1) is 18.4. The van der Waals surface area contributed by atoms with Gasteiger partial charge in [-0.2, -0.15) is 4.98 Å². The van der Waals surface area contributed by atoms with E-state index < -0.39 is 0 Å². The molecule has 0 aliphatic carbocycles. The minimum Gasteiger partial charge on any atom is -0.394 e. The van der Waals surface area contributed by atoms with E-state index in [0.717, 1.165) is 41.3 Å². The summed E-state index contributed by atoms with van der Waals surface area (Å²) in [6, 6.07) is 14.2. The number of halogens is 1. The second-order valence-corrected chi connectivity index (χ2v) is 7.05. The minimum atomic E-state index is -0.287. The Morgan fingerprint density at radius 2 is 1.86 bits per heavy atom. The molecule has 3 aromatic rings. The Hall–Kier alpha value is -2.99. The van der Waals surface area contributed by atoms with Gasteiger partial charge in [-0.15, -0.1) is 0 Å². The molecule has 2 heterocycles. The average Bonchev–Trinajstić information content (AvgIpc) is 2.71. The van der Waals surface area contributed by atoms with Crippen molar-refractivity contribution in [2.45, 2.75) is 26.3 Å². The zero-order chi connectivity index (χ0) is 19.7. The molecule has 1 atom stereocenters. The van der Waals surface area contributed by atoms with Crippen LogP contribution in [0.2, 0.25) is 0 Å². The summed E-state index contributed by atoms with van der Waals surface area (Å²) in [7, 11) is 0. The third-order valence-electron chi connectivity index (χ3n) is 5.32. The monoisotopic (exact) mass is 378 g/mol. The van der Waals surface area contributed by atoms with E-state index in [-0.39, 0.29) is 18.5 Å². The van der Waals surface area contributed by atoms with Gasteiger partial charge in [-0.05, 0) is 55.7 Å². The molecule has 2 N–H and O–H groups in total. The Balaban J connectivity index is 1.71. The number of nitrogens with zero attached hydrogens (tertiary/aromatic N) is 3. The minimum absolute atomic E-state index is 0.0141. The molecule has 0 fully saturated rings. The van der Waals surface area contributed by atoms with Gasteiger partial charge in [0.1, 0.15) is 11.6 Å². The van der Waals surface area contributed by atoms with Crippen molar-refractivity contribution in [3.63, 3.8) is 0 Å². The van der Waals surface area contributed by atoms with Crippen LogP contribution in [0.15, 0.2) is 48.5 Å². The number of aromatic nitrogens is 2. The molecule has 2 aromatic carbocycles. The molecular weight excluding hydrogens is 355 g/mol. The highest BCUT2D eigenvalue weighted by molar-refractivity contribution is 5.59. The first-order chi connectivity index (χ1) is 13.6. The third-order valence-corrected chi connectivity index (χ3v) is 5.32. The summed E-state index contributed by atoms with van der Waals surface area (Å²) in [6.07, 6.45) is 0.899. The van der Waals surface area contributed by atoms with E-state index in [2.05, 4.69) is 27.3 Å². The Labute approximate surface area is 163 Å². The van der Waals surface area contributed by atoms with Gasteiger partial charge in [0.05, 0.1) is 12.6 Å². The van der Waals surface area contributed by atoms with E-state index in [9.17, 15) is 9.50 Å². The van der Waals surface area contributed by atoms with Gasteiger partial charge in [0.2, 0.25) is 5.95 Å². The van der Waals surface area contributed by atoms with E-state index in [1.807, 2.05) is 26.0 Å². The number of aliphatic hydroxyl groups excluding tert-OH is 1. The number of nitrogens with one attached hydrogen (secondary N) is 1. The Morgan fingerprint density at radius 3 is 2.61 bits per heavy atom. The molecule has 0 saturated carbocycles. The van der Waals surface area contributed by atoms with Crippen molar-refractivity contribution in [1.82, 2.24) is 9.97 Å². The highest BCUT2D eigenvalue weighted by Crippen LogP contribution is 2.35. The lowest BCUT2D eigenvalue weighted by atomic mass is 9.92. The van der Waals surface area contributed by atoms with Gasteiger partial charge < -0.3 is 15.3 Å². The van der Waals surface area contributed by atoms with Gasteiger partial charge in [-0.3, -0.25) is 0 Å². The molecule has 144 valence electrons. The van der Waals surface area contributed by atoms with Gasteiger partial charge in [-0.1, -0.05) is 24.3 Å². The average molecular weight is 378 g/mol. The van der Waals surface area contributed by atoms with Crippen LogP contribution >= 0.6 is 0 Å². The van der Waals surface area contributed by atoms with E-state index in [1.54, 1.807) is 12.1 Å². The van der Waals surface area contributed by atoms with Gasteiger partial charge in [0, 0.05) is 23.5 Å². The highest BCUT2D eigenvalue weighted by atomic mass is 19.1. The van der Waals surface area contributed by atoms with Crippen LogP contribution in [-0.2, 0) is 6.42 Å². The molecule has 1 unspecified atom stereocenters. The molecule has 0 saturated heterocycles. The van der Waals surface area contributed by atoms with Crippen LogP contribution in [0.1, 0.15) is 28.4 Å². The molecule has 4 rings (SSSR count). The first-order valence-electron chi connectivity index (χ1n) is 9.40. The van der Waals surface area contributed by atoms with Crippen LogP contribution in [0.3, 0.4) is 0 Å². The topological polar surface area (TPSA) is 61.3 Å². The number of benzene rings is 2. The molecule has 1 aromatic heterocycles. The quantitative estimate of drug-likeness (QED) is 0.717. The van der Waals surface area contributed by atoms with Crippen LogP contribution in [-0.4, -0.2) is 28.2 Å². The number of aliphatic hydroxyl groups is 1. The lowest BCUT2D eigenvalue weighted by Gasteiger charge is -2.38. The number of aryl methyl sites for hydroxylation is 1.